The number of esters is 1. The van der Waals surface area contributed by atoms with Crippen molar-refractivity contribution in [1.29, 1.82) is 0 Å². The van der Waals surface area contributed by atoms with Crippen molar-refractivity contribution in [2.75, 3.05) is 5.32 Å². The number of ether oxygens (including phenoxy) is 1. The van der Waals surface area contributed by atoms with Gasteiger partial charge in [0.05, 0.1) is 5.56 Å². The van der Waals surface area contributed by atoms with Crippen molar-refractivity contribution < 1.29 is 13.9 Å². The van der Waals surface area contributed by atoms with Gasteiger partial charge in [-0.05, 0) is 74.6 Å². The van der Waals surface area contributed by atoms with Crippen LogP contribution in [0.5, 0.6) is 5.75 Å². The lowest BCUT2D eigenvalue weighted by atomic mass is 9.82. The van der Waals surface area contributed by atoms with Gasteiger partial charge >= 0.3 is 5.97 Å². The first-order valence-electron chi connectivity index (χ1n) is 11.8. The zero-order valence-electron chi connectivity index (χ0n) is 21.1. The van der Waals surface area contributed by atoms with Crippen molar-refractivity contribution in [2.45, 2.75) is 53.5 Å². The monoisotopic (exact) mass is 473 g/mol. The molecule has 0 unspecified atom stereocenters. The molecular weight excluding hydrogens is 441 g/mol. The molecular formula is C29H32FN3O2. The average Bonchev–Trinajstić information content (AvgIpc) is 3.09. The molecule has 4 rings (SSSR count). The predicted molar refractivity (Wildman–Crippen MR) is 138 cm³/mol. The summed E-state index contributed by atoms with van der Waals surface area (Å²) >= 11 is 0. The first kappa shape index (κ1) is 24.5. The molecule has 0 bridgehead atoms. The number of rotatable bonds is 6. The van der Waals surface area contributed by atoms with Gasteiger partial charge in [0.25, 0.3) is 0 Å². The zero-order valence-corrected chi connectivity index (χ0v) is 21.1. The van der Waals surface area contributed by atoms with E-state index in [4.69, 9.17) is 9.72 Å². The number of benzene rings is 2. The number of aromatic nitrogens is 2. The Kier molecular flexibility index (Phi) is 6.41. The van der Waals surface area contributed by atoms with Gasteiger partial charge in [0.2, 0.25) is 0 Å². The Morgan fingerprint density at radius 2 is 1.77 bits per heavy atom. The van der Waals surface area contributed by atoms with Gasteiger partial charge in [-0.3, -0.25) is 4.40 Å². The number of aryl methyl sites for hydroxylation is 1. The number of pyridine rings is 1. The molecule has 0 spiro atoms. The maximum Gasteiger partial charge on any atom is 0.346 e. The molecule has 1 N–H and O–H groups in total. The minimum Gasteiger partial charge on any atom is -0.423 e. The van der Waals surface area contributed by atoms with Crippen molar-refractivity contribution in [3.63, 3.8) is 0 Å². The maximum absolute atomic E-state index is 14.0. The molecule has 35 heavy (non-hydrogen) atoms. The van der Waals surface area contributed by atoms with Gasteiger partial charge in [-0.15, -0.1) is 0 Å². The fourth-order valence-corrected chi connectivity index (χ4v) is 4.65. The van der Waals surface area contributed by atoms with Gasteiger partial charge in [-0.2, -0.15) is 0 Å². The molecule has 0 radical (unpaired) electrons. The summed E-state index contributed by atoms with van der Waals surface area (Å²) in [4.78, 5) is 17.5. The average molecular weight is 474 g/mol. The molecule has 0 saturated carbocycles. The molecule has 2 aromatic carbocycles. The zero-order chi connectivity index (χ0) is 25.4. The fourth-order valence-electron chi connectivity index (χ4n) is 4.65. The van der Waals surface area contributed by atoms with Gasteiger partial charge in [0.15, 0.2) is 0 Å². The molecule has 4 aromatic rings. The van der Waals surface area contributed by atoms with E-state index in [1.165, 1.54) is 18.2 Å². The third-order valence-electron chi connectivity index (χ3n) is 5.62. The predicted octanol–water partition coefficient (Wildman–Crippen LogP) is 7.29. The van der Waals surface area contributed by atoms with Crippen molar-refractivity contribution >= 4 is 17.4 Å². The van der Waals surface area contributed by atoms with Gasteiger partial charge in [-0.25, -0.2) is 14.2 Å². The molecule has 0 aliphatic rings. The lowest BCUT2D eigenvalue weighted by molar-refractivity contribution is 0.0730. The molecule has 5 nitrogen and oxygen atoms in total. The molecule has 0 aliphatic heterocycles. The second-order valence-corrected chi connectivity index (χ2v) is 10.9. The number of carbonyl (C=O) groups is 1. The van der Waals surface area contributed by atoms with Crippen LogP contribution in [0.2, 0.25) is 0 Å². The van der Waals surface area contributed by atoms with Crippen LogP contribution >= 0.6 is 0 Å². The molecule has 0 fully saturated rings. The molecule has 2 aromatic heterocycles. The Bertz CT molecular complexity index is 1380. The van der Waals surface area contributed by atoms with E-state index in [2.05, 4.69) is 39.9 Å². The number of nitrogens with zero attached hydrogens (tertiary/aromatic N) is 2. The number of carbonyl (C=O) groups excluding carboxylic acids is 1. The highest BCUT2D eigenvalue weighted by Crippen LogP contribution is 2.36. The van der Waals surface area contributed by atoms with Gasteiger partial charge in [0, 0.05) is 17.3 Å². The molecule has 0 aliphatic carbocycles. The van der Waals surface area contributed by atoms with Gasteiger partial charge < -0.3 is 10.1 Å². The Morgan fingerprint density at radius 1 is 1.03 bits per heavy atom. The van der Waals surface area contributed by atoms with Gasteiger partial charge in [0.1, 0.15) is 28.7 Å². The van der Waals surface area contributed by atoms with Crippen molar-refractivity contribution in [3.8, 4) is 17.0 Å². The van der Waals surface area contributed by atoms with Gasteiger partial charge in [-0.1, -0.05) is 45.0 Å². The molecule has 0 atom stereocenters. The summed E-state index contributed by atoms with van der Waals surface area (Å²) in [5, 5.41) is 3.72. The number of hydrogen-bond donors (Lipinski definition) is 1. The van der Waals surface area contributed by atoms with Crippen LogP contribution in [-0.4, -0.2) is 20.9 Å². The highest BCUT2D eigenvalue weighted by atomic mass is 19.1. The summed E-state index contributed by atoms with van der Waals surface area (Å²) in [6, 6.07) is 17.0. The Hall–Kier alpha value is -3.67. The quantitative estimate of drug-likeness (QED) is 0.236. The minimum absolute atomic E-state index is 0.104. The second kappa shape index (κ2) is 9.17. The van der Waals surface area contributed by atoms with Crippen LogP contribution in [0.1, 0.15) is 57.0 Å². The fraction of sp³-hybridized carbons (Fsp3) is 0.310. The SMILES string of the molecule is Cc1ccn2c(NC(C)(C)CC(C)(C)C)c(-c3cccc(OC(=O)c4ccccc4F)c3)nc2c1. The summed E-state index contributed by atoms with van der Waals surface area (Å²) in [6.07, 6.45) is 2.96. The van der Waals surface area contributed by atoms with E-state index in [0.29, 0.717) is 5.75 Å². The first-order valence-corrected chi connectivity index (χ1v) is 11.8. The summed E-state index contributed by atoms with van der Waals surface area (Å²) < 4.78 is 21.6. The molecule has 0 amide bonds. The summed E-state index contributed by atoms with van der Waals surface area (Å²) in [7, 11) is 0. The Labute approximate surface area is 206 Å². The topological polar surface area (TPSA) is 55.6 Å². The normalized spacial score (nSPS) is 12.1. The lowest BCUT2D eigenvalue weighted by Gasteiger charge is -2.34. The standard InChI is InChI=1S/C29H32FN3O2/c1-19-14-15-33-24(16-19)31-25(26(33)32-29(5,6)18-28(2,3)4)20-10-9-11-21(17-20)35-27(34)22-12-7-8-13-23(22)30/h7-17,32H,18H2,1-6H3. The van der Waals surface area contributed by atoms with E-state index >= 15 is 0 Å². The van der Waals surface area contributed by atoms with E-state index < -0.39 is 11.8 Å². The number of hydrogen-bond acceptors (Lipinski definition) is 4. The van der Waals surface area contributed by atoms with Crippen molar-refractivity contribution in [1.82, 2.24) is 9.38 Å². The summed E-state index contributed by atoms with van der Waals surface area (Å²) in [5.74, 6) is -0.164. The highest BCUT2D eigenvalue weighted by Gasteiger charge is 2.28. The molecule has 182 valence electrons. The Balaban J connectivity index is 1.73. The van der Waals surface area contributed by atoms with E-state index in [1.807, 2.05) is 35.7 Å². The molecule has 6 heteroatoms. The Morgan fingerprint density at radius 3 is 2.49 bits per heavy atom. The van der Waals surface area contributed by atoms with E-state index in [9.17, 15) is 9.18 Å². The summed E-state index contributed by atoms with van der Waals surface area (Å²) in [6.45, 7) is 13.1. The van der Waals surface area contributed by atoms with Crippen molar-refractivity contribution in [2.24, 2.45) is 5.41 Å². The van der Waals surface area contributed by atoms with Crippen LogP contribution in [0.3, 0.4) is 0 Å². The van der Waals surface area contributed by atoms with Crippen LogP contribution in [0.25, 0.3) is 16.9 Å². The van der Waals surface area contributed by atoms with Crippen LogP contribution in [0, 0.1) is 18.2 Å². The van der Waals surface area contributed by atoms with E-state index in [0.717, 1.165) is 34.7 Å². The molecule has 0 saturated heterocycles. The maximum atomic E-state index is 14.0. The van der Waals surface area contributed by atoms with Crippen LogP contribution in [0.4, 0.5) is 10.2 Å². The third-order valence-corrected chi connectivity index (χ3v) is 5.62. The highest BCUT2D eigenvalue weighted by molar-refractivity contribution is 5.91. The second-order valence-electron chi connectivity index (χ2n) is 10.9. The summed E-state index contributed by atoms with van der Waals surface area (Å²) in [5.41, 5.74) is 3.30. The number of anilines is 1. The van der Waals surface area contributed by atoms with E-state index in [1.54, 1.807) is 24.3 Å². The van der Waals surface area contributed by atoms with Crippen LogP contribution < -0.4 is 10.1 Å². The lowest BCUT2D eigenvalue weighted by Crippen LogP contribution is -2.36. The largest absolute Gasteiger partial charge is 0.423 e. The van der Waals surface area contributed by atoms with Crippen molar-refractivity contribution in [3.05, 3.63) is 83.8 Å². The smallest absolute Gasteiger partial charge is 0.346 e. The minimum atomic E-state index is -0.740. The number of nitrogens with one attached hydrogen (secondary N) is 1. The number of fused-ring (bicyclic) bond motifs is 1. The number of halogens is 1. The molecule has 2 heterocycles. The number of imidazole rings is 1. The first-order chi connectivity index (χ1) is 16.4. The van der Waals surface area contributed by atoms with Crippen LogP contribution in [-0.2, 0) is 0 Å². The third kappa shape index (κ3) is 5.70. The van der Waals surface area contributed by atoms with E-state index in [-0.39, 0.29) is 16.5 Å². The van der Waals surface area contributed by atoms with Crippen LogP contribution in [0.15, 0.2) is 66.9 Å².